The Morgan fingerprint density at radius 1 is 1.22 bits per heavy atom. The Kier molecular flexibility index (Phi) is 4.03. The molecule has 2 rings (SSSR count). The average molecular weight is 323 g/mol. The van der Waals surface area contributed by atoms with E-state index in [0.717, 1.165) is 14.2 Å². The Bertz CT molecular complexity index is 584. The predicted octanol–water partition coefficient (Wildman–Crippen LogP) is 5.32. The molecule has 1 aromatic carbocycles. The summed E-state index contributed by atoms with van der Waals surface area (Å²) in [5.74, 6) is 0.277. The van der Waals surface area contributed by atoms with Crippen LogP contribution in [0, 0.1) is 12.8 Å². The van der Waals surface area contributed by atoms with Gasteiger partial charge in [-0.25, -0.2) is 0 Å². The van der Waals surface area contributed by atoms with Crippen molar-refractivity contribution < 1.29 is 4.79 Å². The van der Waals surface area contributed by atoms with E-state index in [1.165, 1.54) is 11.1 Å². The molecule has 0 aliphatic carbocycles. The average Bonchev–Trinajstić information content (AvgIpc) is 2.80. The van der Waals surface area contributed by atoms with Crippen LogP contribution in [-0.4, -0.2) is 5.78 Å². The predicted molar refractivity (Wildman–Crippen MR) is 81.4 cm³/mol. The highest BCUT2D eigenvalue weighted by molar-refractivity contribution is 9.10. The van der Waals surface area contributed by atoms with Gasteiger partial charge in [0.25, 0.3) is 0 Å². The second-order valence-electron chi connectivity index (χ2n) is 4.60. The maximum Gasteiger partial charge on any atom is 0.175 e. The van der Waals surface area contributed by atoms with Gasteiger partial charge < -0.3 is 0 Å². The SMILES string of the molecule is Cc1c(Br)cccc1-c1ccc(C(=O)C(C)C)s1. The fourth-order valence-corrected chi connectivity index (χ4v) is 3.32. The summed E-state index contributed by atoms with van der Waals surface area (Å²) in [4.78, 5) is 13.9. The normalized spacial score (nSPS) is 10.9. The molecule has 0 aliphatic heterocycles. The fraction of sp³-hybridized carbons (Fsp3) is 0.267. The molecule has 1 aromatic heterocycles. The number of benzene rings is 1. The third-order valence-corrected chi connectivity index (χ3v) is 4.90. The molecular formula is C15H15BrOS. The lowest BCUT2D eigenvalue weighted by atomic mass is 10.1. The van der Waals surface area contributed by atoms with Crippen LogP contribution < -0.4 is 0 Å². The Hall–Kier alpha value is -0.930. The van der Waals surface area contributed by atoms with Crippen molar-refractivity contribution in [2.45, 2.75) is 20.8 Å². The number of hydrogen-bond donors (Lipinski definition) is 0. The molecule has 0 unspecified atom stereocenters. The van der Waals surface area contributed by atoms with Gasteiger partial charge in [-0.1, -0.05) is 41.9 Å². The van der Waals surface area contributed by atoms with Crippen LogP contribution in [0.1, 0.15) is 29.1 Å². The Balaban J connectivity index is 2.41. The summed E-state index contributed by atoms with van der Waals surface area (Å²) in [5, 5.41) is 0. The number of halogens is 1. The second kappa shape index (κ2) is 5.37. The highest BCUT2D eigenvalue weighted by atomic mass is 79.9. The number of carbonyl (C=O) groups is 1. The highest BCUT2D eigenvalue weighted by Gasteiger charge is 2.14. The third-order valence-electron chi connectivity index (χ3n) is 2.91. The van der Waals surface area contributed by atoms with Gasteiger partial charge in [0, 0.05) is 15.3 Å². The summed E-state index contributed by atoms with van der Waals surface area (Å²) in [5.41, 5.74) is 2.40. The van der Waals surface area contributed by atoms with Crippen LogP contribution in [0.4, 0.5) is 0 Å². The van der Waals surface area contributed by atoms with Gasteiger partial charge in [-0.2, -0.15) is 0 Å². The van der Waals surface area contributed by atoms with Crippen LogP contribution >= 0.6 is 27.3 Å². The zero-order chi connectivity index (χ0) is 13.3. The van der Waals surface area contributed by atoms with Gasteiger partial charge in [0.15, 0.2) is 5.78 Å². The minimum atomic E-state index is 0.0557. The van der Waals surface area contributed by atoms with E-state index in [9.17, 15) is 4.79 Å². The first kappa shape index (κ1) is 13.5. The van der Waals surface area contributed by atoms with Gasteiger partial charge in [-0.05, 0) is 36.2 Å². The molecule has 1 heterocycles. The van der Waals surface area contributed by atoms with E-state index < -0.39 is 0 Å². The van der Waals surface area contributed by atoms with E-state index in [4.69, 9.17) is 0 Å². The largest absolute Gasteiger partial charge is 0.293 e. The molecule has 2 aromatic rings. The smallest absolute Gasteiger partial charge is 0.175 e. The molecule has 0 bridgehead atoms. The quantitative estimate of drug-likeness (QED) is 0.698. The monoisotopic (exact) mass is 322 g/mol. The topological polar surface area (TPSA) is 17.1 Å². The van der Waals surface area contributed by atoms with Crippen LogP contribution in [0.3, 0.4) is 0 Å². The van der Waals surface area contributed by atoms with Crippen LogP contribution in [0.15, 0.2) is 34.8 Å². The molecule has 3 heteroatoms. The summed E-state index contributed by atoms with van der Waals surface area (Å²) in [6.45, 7) is 5.96. The van der Waals surface area contributed by atoms with Gasteiger partial charge in [-0.15, -0.1) is 11.3 Å². The summed E-state index contributed by atoms with van der Waals surface area (Å²) in [6, 6.07) is 10.1. The first-order valence-corrected chi connectivity index (χ1v) is 7.51. The van der Waals surface area contributed by atoms with Crippen LogP contribution in [0.25, 0.3) is 10.4 Å². The standard InChI is InChI=1S/C15H15BrOS/c1-9(2)15(17)14-8-7-13(18-14)11-5-4-6-12(16)10(11)3/h4-9H,1-3H3. The zero-order valence-electron chi connectivity index (χ0n) is 10.7. The van der Waals surface area contributed by atoms with Crippen molar-refractivity contribution in [1.29, 1.82) is 0 Å². The molecular weight excluding hydrogens is 308 g/mol. The summed E-state index contributed by atoms with van der Waals surface area (Å²) >= 11 is 5.11. The molecule has 0 amide bonds. The van der Waals surface area contributed by atoms with Crippen molar-refractivity contribution in [3.8, 4) is 10.4 Å². The lowest BCUT2D eigenvalue weighted by Gasteiger charge is -2.05. The second-order valence-corrected chi connectivity index (χ2v) is 6.53. The number of rotatable bonds is 3. The van der Waals surface area contributed by atoms with Crippen molar-refractivity contribution in [3.63, 3.8) is 0 Å². The van der Waals surface area contributed by atoms with E-state index in [1.807, 2.05) is 38.1 Å². The Labute approximate surface area is 120 Å². The number of hydrogen-bond acceptors (Lipinski definition) is 2. The van der Waals surface area contributed by atoms with E-state index in [1.54, 1.807) is 11.3 Å². The minimum Gasteiger partial charge on any atom is -0.293 e. The van der Waals surface area contributed by atoms with Crippen LogP contribution in [-0.2, 0) is 0 Å². The van der Waals surface area contributed by atoms with Gasteiger partial charge in [-0.3, -0.25) is 4.79 Å². The molecule has 1 nitrogen and oxygen atoms in total. The third kappa shape index (κ3) is 2.57. The maximum atomic E-state index is 11.9. The first-order chi connectivity index (χ1) is 8.50. The Morgan fingerprint density at radius 3 is 2.61 bits per heavy atom. The lowest BCUT2D eigenvalue weighted by Crippen LogP contribution is -2.04. The van der Waals surface area contributed by atoms with Crippen molar-refractivity contribution in [2.75, 3.05) is 0 Å². The number of ketones is 1. The molecule has 0 radical (unpaired) electrons. The molecule has 0 saturated carbocycles. The van der Waals surface area contributed by atoms with E-state index >= 15 is 0 Å². The van der Waals surface area contributed by atoms with Crippen molar-refractivity contribution in [3.05, 3.63) is 45.2 Å². The van der Waals surface area contributed by atoms with Gasteiger partial charge in [0.05, 0.1) is 4.88 Å². The molecule has 0 atom stereocenters. The zero-order valence-corrected chi connectivity index (χ0v) is 13.1. The van der Waals surface area contributed by atoms with E-state index in [2.05, 4.69) is 28.9 Å². The van der Waals surface area contributed by atoms with E-state index in [0.29, 0.717) is 0 Å². The Morgan fingerprint density at radius 2 is 1.94 bits per heavy atom. The van der Waals surface area contributed by atoms with Crippen molar-refractivity contribution in [1.82, 2.24) is 0 Å². The van der Waals surface area contributed by atoms with Crippen molar-refractivity contribution >= 4 is 33.0 Å². The molecule has 0 aliphatic rings. The maximum absolute atomic E-state index is 11.9. The van der Waals surface area contributed by atoms with Gasteiger partial charge >= 0.3 is 0 Å². The number of carbonyl (C=O) groups excluding carboxylic acids is 1. The molecule has 0 fully saturated rings. The summed E-state index contributed by atoms with van der Waals surface area (Å²) < 4.78 is 1.10. The highest BCUT2D eigenvalue weighted by Crippen LogP contribution is 2.34. The van der Waals surface area contributed by atoms with E-state index in [-0.39, 0.29) is 11.7 Å². The molecule has 18 heavy (non-hydrogen) atoms. The van der Waals surface area contributed by atoms with Crippen molar-refractivity contribution in [2.24, 2.45) is 5.92 Å². The molecule has 0 saturated heterocycles. The van der Waals surface area contributed by atoms with Gasteiger partial charge in [0.2, 0.25) is 0 Å². The summed E-state index contributed by atoms with van der Waals surface area (Å²) in [7, 11) is 0. The molecule has 0 N–H and O–H groups in total. The van der Waals surface area contributed by atoms with Gasteiger partial charge in [0.1, 0.15) is 0 Å². The fourth-order valence-electron chi connectivity index (χ4n) is 1.77. The minimum absolute atomic E-state index is 0.0557. The lowest BCUT2D eigenvalue weighted by molar-refractivity contribution is 0.0943. The first-order valence-electron chi connectivity index (χ1n) is 5.90. The number of thiophene rings is 1. The van der Waals surface area contributed by atoms with Crippen LogP contribution in [0.2, 0.25) is 0 Å². The molecule has 0 spiro atoms. The number of Topliss-reactive ketones (excluding diaryl/α,β-unsaturated/α-hetero) is 1. The molecule has 94 valence electrons. The summed E-state index contributed by atoms with van der Waals surface area (Å²) in [6.07, 6.45) is 0. The van der Waals surface area contributed by atoms with Crippen LogP contribution in [0.5, 0.6) is 0 Å².